The van der Waals surface area contributed by atoms with Crippen LogP contribution in [0.25, 0.3) is 0 Å². The Hall–Kier alpha value is -1.32. The fourth-order valence-electron chi connectivity index (χ4n) is 1.80. The van der Waals surface area contributed by atoms with Crippen molar-refractivity contribution in [3.8, 4) is 0 Å². The van der Waals surface area contributed by atoms with Crippen LogP contribution in [0, 0.1) is 5.41 Å². The second kappa shape index (κ2) is 9.74. The lowest BCUT2D eigenvalue weighted by atomic mass is 9.92. The Labute approximate surface area is 155 Å². The summed E-state index contributed by atoms with van der Waals surface area (Å²) in [5, 5.41) is 12.9. The minimum Gasteiger partial charge on any atom is -0.359 e. The molecular formula is C15H28IN5O2. The summed E-state index contributed by atoms with van der Waals surface area (Å²) in [5.41, 5.74) is 0.407. The van der Waals surface area contributed by atoms with Gasteiger partial charge in [-0.05, 0) is 19.8 Å². The molecule has 0 aromatic carbocycles. The lowest BCUT2D eigenvalue weighted by Crippen LogP contribution is -2.47. The van der Waals surface area contributed by atoms with Crippen molar-refractivity contribution in [2.45, 2.75) is 40.2 Å². The molecule has 1 aromatic heterocycles. The van der Waals surface area contributed by atoms with E-state index in [0.29, 0.717) is 25.0 Å². The zero-order chi connectivity index (χ0) is 16.8. The van der Waals surface area contributed by atoms with E-state index in [1.807, 2.05) is 19.9 Å². The van der Waals surface area contributed by atoms with E-state index in [1.165, 1.54) is 0 Å². The van der Waals surface area contributed by atoms with Gasteiger partial charge in [0.15, 0.2) is 11.7 Å². The smallest absolute Gasteiger partial charge is 0.227 e. The Kier molecular flexibility index (Phi) is 9.18. The Morgan fingerprint density at radius 2 is 2.04 bits per heavy atom. The molecule has 0 bridgehead atoms. The van der Waals surface area contributed by atoms with Crippen LogP contribution in [0.3, 0.4) is 0 Å². The Bertz CT molecular complexity index is 526. The van der Waals surface area contributed by atoms with Crippen molar-refractivity contribution >= 4 is 35.8 Å². The van der Waals surface area contributed by atoms with Crippen LogP contribution in [0.1, 0.15) is 45.1 Å². The van der Waals surface area contributed by atoms with Gasteiger partial charge >= 0.3 is 0 Å². The first-order valence-electron chi connectivity index (χ1n) is 7.42. The van der Waals surface area contributed by atoms with E-state index in [2.05, 4.69) is 39.9 Å². The first-order chi connectivity index (χ1) is 10.3. The van der Waals surface area contributed by atoms with Gasteiger partial charge in [0.1, 0.15) is 0 Å². The average molecular weight is 437 g/mol. The third kappa shape index (κ3) is 6.76. The number of guanidine groups is 1. The van der Waals surface area contributed by atoms with Crippen molar-refractivity contribution < 1.29 is 9.32 Å². The second-order valence-corrected chi connectivity index (χ2v) is 6.12. The number of carbonyl (C=O) groups excluding carboxylic acids is 1. The number of nitrogens with zero attached hydrogens (tertiary/aromatic N) is 2. The molecule has 7 nitrogen and oxygen atoms in total. The number of rotatable bonds is 6. The van der Waals surface area contributed by atoms with Crippen molar-refractivity contribution in [3.63, 3.8) is 0 Å². The fourth-order valence-corrected chi connectivity index (χ4v) is 1.80. The summed E-state index contributed by atoms with van der Waals surface area (Å²) in [4.78, 5) is 15.9. The third-order valence-corrected chi connectivity index (χ3v) is 3.36. The van der Waals surface area contributed by atoms with E-state index in [4.69, 9.17) is 4.52 Å². The fraction of sp³-hybridized carbons (Fsp3) is 0.667. The molecule has 0 atom stereocenters. The van der Waals surface area contributed by atoms with Gasteiger partial charge in [-0.3, -0.25) is 9.79 Å². The zero-order valence-electron chi connectivity index (χ0n) is 14.7. The minimum atomic E-state index is -0.524. The number of carbonyl (C=O) groups is 1. The number of aliphatic imine (C=N–C) groups is 1. The molecule has 0 radical (unpaired) electrons. The number of hydrogen-bond donors (Lipinski definition) is 3. The SMILES string of the molecule is CN=C(NCc1cc(C(C)C)no1)NCC(C)(C)C(=O)NC.I. The third-order valence-electron chi connectivity index (χ3n) is 3.36. The van der Waals surface area contributed by atoms with Crippen LogP contribution in [-0.2, 0) is 11.3 Å². The standard InChI is InChI=1S/C15H27N5O2.HI/c1-10(2)12-7-11(22-20-12)8-18-14(17-6)19-9-15(3,4)13(21)16-5;/h7,10H,8-9H2,1-6H3,(H,16,21)(H2,17,18,19);1H. The molecule has 1 aromatic rings. The molecule has 0 saturated heterocycles. The quantitative estimate of drug-likeness (QED) is 0.359. The van der Waals surface area contributed by atoms with Gasteiger partial charge in [0.25, 0.3) is 0 Å². The van der Waals surface area contributed by atoms with Crippen molar-refractivity contribution in [1.82, 2.24) is 21.1 Å². The summed E-state index contributed by atoms with van der Waals surface area (Å²) in [7, 11) is 3.32. The van der Waals surface area contributed by atoms with Gasteiger partial charge in [0, 0.05) is 26.7 Å². The molecule has 0 unspecified atom stereocenters. The van der Waals surface area contributed by atoms with Crippen molar-refractivity contribution in [1.29, 1.82) is 0 Å². The molecule has 1 rings (SSSR count). The summed E-state index contributed by atoms with van der Waals surface area (Å²) < 4.78 is 5.26. The van der Waals surface area contributed by atoms with Crippen LogP contribution >= 0.6 is 24.0 Å². The van der Waals surface area contributed by atoms with E-state index in [9.17, 15) is 4.79 Å². The molecule has 0 aliphatic carbocycles. The molecule has 0 aliphatic heterocycles. The van der Waals surface area contributed by atoms with Gasteiger partial charge < -0.3 is 20.5 Å². The van der Waals surface area contributed by atoms with Crippen LogP contribution in [0.4, 0.5) is 0 Å². The Morgan fingerprint density at radius 1 is 1.39 bits per heavy atom. The number of aromatic nitrogens is 1. The molecule has 0 aliphatic rings. The van der Waals surface area contributed by atoms with E-state index in [0.717, 1.165) is 11.5 Å². The number of nitrogens with one attached hydrogen (secondary N) is 3. The van der Waals surface area contributed by atoms with Gasteiger partial charge in [0.05, 0.1) is 17.7 Å². The number of amides is 1. The molecule has 3 N–H and O–H groups in total. The highest BCUT2D eigenvalue weighted by Crippen LogP contribution is 2.14. The second-order valence-electron chi connectivity index (χ2n) is 6.12. The molecule has 1 amide bonds. The minimum absolute atomic E-state index is 0. The van der Waals surface area contributed by atoms with Crippen molar-refractivity contribution in [3.05, 3.63) is 17.5 Å². The van der Waals surface area contributed by atoms with Gasteiger partial charge in [-0.25, -0.2) is 0 Å². The van der Waals surface area contributed by atoms with Crippen LogP contribution in [0.2, 0.25) is 0 Å². The van der Waals surface area contributed by atoms with Gasteiger partial charge in [-0.15, -0.1) is 24.0 Å². The first kappa shape index (κ1) is 21.7. The summed E-state index contributed by atoms with van der Waals surface area (Å²) in [5.74, 6) is 1.67. The maximum atomic E-state index is 11.7. The van der Waals surface area contributed by atoms with Crippen molar-refractivity contribution in [2.24, 2.45) is 10.4 Å². The van der Waals surface area contributed by atoms with Gasteiger partial charge in [-0.2, -0.15) is 0 Å². The summed E-state index contributed by atoms with van der Waals surface area (Å²) >= 11 is 0. The van der Waals surface area contributed by atoms with Crippen LogP contribution in [0.15, 0.2) is 15.6 Å². The van der Waals surface area contributed by atoms with E-state index in [-0.39, 0.29) is 29.9 Å². The van der Waals surface area contributed by atoms with E-state index >= 15 is 0 Å². The van der Waals surface area contributed by atoms with Crippen LogP contribution < -0.4 is 16.0 Å². The highest BCUT2D eigenvalue weighted by atomic mass is 127. The highest BCUT2D eigenvalue weighted by molar-refractivity contribution is 14.0. The molecule has 1 heterocycles. The van der Waals surface area contributed by atoms with Gasteiger partial charge in [0.2, 0.25) is 5.91 Å². The summed E-state index contributed by atoms with van der Waals surface area (Å²) in [6, 6.07) is 1.93. The number of hydrogen-bond acceptors (Lipinski definition) is 4. The summed E-state index contributed by atoms with van der Waals surface area (Å²) in [6.07, 6.45) is 0. The predicted molar refractivity (Wildman–Crippen MR) is 102 cm³/mol. The normalized spacial score (nSPS) is 11.9. The van der Waals surface area contributed by atoms with E-state index < -0.39 is 5.41 Å². The molecule has 132 valence electrons. The highest BCUT2D eigenvalue weighted by Gasteiger charge is 2.26. The molecule has 23 heavy (non-hydrogen) atoms. The van der Waals surface area contributed by atoms with Crippen molar-refractivity contribution in [2.75, 3.05) is 20.6 Å². The molecular weight excluding hydrogens is 409 g/mol. The molecule has 0 fully saturated rings. The number of halogens is 1. The lowest BCUT2D eigenvalue weighted by molar-refractivity contribution is -0.128. The first-order valence-corrected chi connectivity index (χ1v) is 7.42. The largest absolute Gasteiger partial charge is 0.359 e. The van der Waals surface area contributed by atoms with Crippen LogP contribution in [0.5, 0.6) is 0 Å². The zero-order valence-corrected chi connectivity index (χ0v) is 17.0. The Morgan fingerprint density at radius 3 is 2.52 bits per heavy atom. The van der Waals surface area contributed by atoms with E-state index in [1.54, 1.807) is 14.1 Å². The van der Waals surface area contributed by atoms with Crippen LogP contribution in [-0.4, -0.2) is 37.7 Å². The Balaban J connectivity index is 0.00000484. The predicted octanol–water partition coefficient (Wildman–Crippen LogP) is 1.85. The topological polar surface area (TPSA) is 91.6 Å². The molecule has 8 heteroatoms. The molecule has 0 saturated carbocycles. The summed E-state index contributed by atoms with van der Waals surface area (Å²) in [6.45, 7) is 8.83. The average Bonchev–Trinajstić information content (AvgIpc) is 2.95. The molecule has 0 spiro atoms. The maximum absolute atomic E-state index is 11.7. The monoisotopic (exact) mass is 437 g/mol. The van der Waals surface area contributed by atoms with Gasteiger partial charge in [-0.1, -0.05) is 19.0 Å². The lowest BCUT2D eigenvalue weighted by Gasteiger charge is -2.24. The maximum Gasteiger partial charge on any atom is 0.227 e.